The Kier molecular flexibility index (Phi) is 6.64. The van der Waals surface area contributed by atoms with E-state index in [-0.39, 0.29) is 17.7 Å². The maximum absolute atomic E-state index is 12.4. The second-order valence-electron chi connectivity index (χ2n) is 6.08. The molecule has 0 aliphatic heterocycles. The Morgan fingerprint density at radius 1 is 1.22 bits per heavy atom. The maximum Gasteiger partial charge on any atom is 0.398 e. The summed E-state index contributed by atoms with van der Waals surface area (Å²) in [6.07, 6.45) is 0.0567. The molecular formula is C16H18F3N5OS2. The molecule has 11 heteroatoms. The summed E-state index contributed by atoms with van der Waals surface area (Å²) in [4.78, 5) is 12.6. The van der Waals surface area contributed by atoms with E-state index >= 15 is 0 Å². The lowest BCUT2D eigenvalue weighted by Gasteiger charge is -2.12. The first-order chi connectivity index (χ1) is 12.9. The summed E-state index contributed by atoms with van der Waals surface area (Å²) in [6.45, 7) is 0. The number of amides is 1. The molecule has 0 spiro atoms. The SMILES string of the molecule is O=C(CSc1nnnn1C1CCCC1)Nc1ccccc1SCC(F)(F)F. The Hall–Kier alpha value is -1.75. The molecule has 1 aliphatic rings. The molecule has 0 atom stereocenters. The second kappa shape index (κ2) is 8.96. The van der Waals surface area contributed by atoms with Crippen molar-refractivity contribution in [3.8, 4) is 0 Å². The van der Waals surface area contributed by atoms with Crippen LogP contribution < -0.4 is 5.32 Å². The second-order valence-corrected chi connectivity index (χ2v) is 8.04. The lowest BCUT2D eigenvalue weighted by Crippen LogP contribution is -2.16. The number of para-hydroxylation sites is 1. The number of nitrogens with zero attached hydrogens (tertiary/aromatic N) is 4. The van der Waals surface area contributed by atoms with Crippen LogP contribution in [-0.2, 0) is 4.79 Å². The summed E-state index contributed by atoms with van der Waals surface area (Å²) in [5, 5.41) is 14.9. The summed E-state index contributed by atoms with van der Waals surface area (Å²) < 4.78 is 39.1. The van der Waals surface area contributed by atoms with Crippen molar-refractivity contribution in [2.75, 3.05) is 16.8 Å². The Morgan fingerprint density at radius 3 is 2.70 bits per heavy atom. The maximum atomic E-state index is 12.4. The van der Waals surface area contributed by atoms with Crippen molar-refractivity contribution in [1.29, 1.82) is 0 Å². The normalized spacial score (nSPS) is 15.2. The monoisotopic (exact) mass is 417 g/mol. The van der Waals surface area contributed by atoms with Crippen LogP contribution in [0.1, 0.15) is 31.7 Å². The molecule has 1 aromatic heterocycles. The van der Waals surface area contributed by atoms with Crippen molar-refractivity contribution in [1.82, 2.24) is 20.2 Å². The zero-order valence-corrected chi connectivity index (χ0v) is 15.9. The summed E-state index contributed by atoms with van der Waals surface area (Å²) in [5.74, 6) is -1.25. The smallest absolute Gasteiger partial charge is 0.324 e. The molecule has 1 saturated carbocycles. The third-order valence-electron chi connectivity index (χ3n) is 4.02. The highest BCUT2D eigenvalue weighted by Crippen LogP contribution is 2.33. The number of hydrogen-bond acceptors (Lipinski definition) is 6. The van der Waals surface area contributed by atoms with Gasteiger partial charge in [0.1, 0.15) is 0 Å². The van der Waals surface area contributed by atoms with Gasteiger partial charge < -0.3 is 5.32 Å². The first kappa shape index (κ1) is 20.0. The molecule has 2 aromatic rings. The molecule has 27 heavy (non-hydrogen) atoms. The highest BCUT2D eigenvalue weighted by Gasteiger charge is 2.28. The number of tetrazole rings is 1. The van der Waals surface area contributed by atoms with E-state index < -0.39 is 11.9 Å². The number of hydrogen-bond donors (Lipinski definition) is 1. The van der Waals surface area contributed by atoms with Gasteiger partial charge in [0.2, 0.25) is 11.1 Å². The number of thioether (sulfide) groups is 2. The highest BCUT2D eigenvalue weighted by atomic mass is 32.2. The first-order valence-electron chi connectivity index (χ1n) is 8.41. The standard InChI is InChI=1S/C16H18F3N5OS2/c17-16(18,19)10-27-13-8-4-3-7-12(13)20-14(25)9-26-15-21-22-23-24(15)11-5-1-2-6-11/h3-4,7-8,11H,1-2,5-6,9-10H2,(H,20,25). The van der Waals surface area contributed by atoms with Gasteiger partial charge in [-0.25, -0.2) is 4.68 Å². The van der Waals surface area contributed by atoms with Crippen LogP contribution >= 0.6 is 23.5 Å². The van der Waals surface area contributed by atoms with Gasteiger partial charge in [0.05, 0.1) is 23.2 Å². The van der Waals surface area contributed by atoms with Crippen molar-refractivity contribution in [3.05, 3.63) is 24.3 Å². The fourth-order valence-corrected chi connectivity index (χ4v) is 4.34. The van der Waals surface area contributed by atoms with Crippen LogP contribution in [0.5, 0.6) is 0 Å². The molecule has 1 amide bonds. The van der Waals surface area contributed by atoms with Crippen LogP contribution in [0, 0.1) is 0 Å². The van der Waals surface area contributed by atoms with Crippen LogP contribution in [0.15, 0.2) is 34.3 Å². The zero-order valence-electron chi connectivity index (χ0n) is 14.3. The summed E-state index contributed by atoms with van der Waals surface area (Å²) in [5.41, 5.74) is 0.368. The lowest BCUT2D eigenvalue weighted by molar-refractivity contribution is -0.113. The molecule has 1 heterocycles. The number of carbonyl (C=O) groups is 1. The number of carbonyl (C=O) groups excluding carboxylic acids is 1. The minimum atomic E-state index is -4.27. The highest BCUT2D eigenvalue weighted by molar-refractivity contribution is 8.00. The zero-order chi connectivity index (χ0) is 19.3. The van der Waals surface area contributed by atoms with Crippen LogP contribution in [0.3, 0.4) is 0 Å². The van der Waals surface area contributed by atoms with Gasteiger partial charge in [-0.1, -0.05) is 36.7 Å². The van der Waals surface area contributed by atoms with E-state index in [9.17, 15) is 18.0 Å². The molecule has 1 N–H and O–H groups in total. The van der Waals surface area contributed by atoms with Gasteiger partial charge in [0.15, 0.2) is 0 Å². The molecular weight excluding hydrogens is 399 g/mol. The average Bonchev–Trinajstić information content (AvgIpc) is 3.29. The lowest BCUT2D eigenvalue weighted by atomic mass is 10.3. The number of rotatable bonds is 7. The quantitative estimate of drug-likeness (QED) is 0.682. The molecule has 0 radical (unpaired) electrons. The predicted octanol–water partition coefficient (Wildman–Crippen LogP) is 4.17. The fourth-order valence-electron chi connectivity index (χ4n) is 2.83. The number of nitrogens with one attached hydrogen (secondary N) is 1. The minimum Gasteiger partial charge on any atom is -0.324 e. The van der Waals surface area contributed by atoms with E-state index in [4.69, 9.17) is 0 Å². The minimum absolute atomic E-state index is 0.0748. The molecule has 1 aliphatic carbocycles. The molecule has 6 nitrogen and oxygen atoms in total. The predicted molar refractivity (Wildman–Crippen MR) is 97.9 cm³/mol. The van der Waals surface area contributed by atoms with Crippen LogP contribution in [0.2, 0.25) is 0 Å². The van der Waals surface area contributed by atoms with Gasteiger partial charge in [0, 0.05) is 4.90 Å². The summed E-state index contributed by atoms with van der Waals surface area (Å²) >= 11 is 1.87. The van der Waals surface area contributed by atoms with E-state index in [1.54, 1.807) is 28.9 Å². The van der Waals surface area contributed by atoms with E-state index in [1.165, 1.54) is 11.8 Å². The van der Waals surface area contributed by atoms with Crippen LogP contribution in [0.4, 0.5) is 18.9 Å². The van der Waals surface area contributed by atoms with Gasteiger partial charge in [0.25, 0.3) is 0 Å². The molecule has 0 saturated heterocycles. The third-order valence-corrected chi connectivity index (χ3v) is 6.09. The van der Waals surface area contributed by atoms with Gasteiger partial charge in [-0.3, -0.25) is 4.79 Å². The number of aromatic nitrogens is 4. The van der Waals surface area contributed by atoms with Crippen molar-refractivity contribution < 1.29 is 18.0 Å². The van der Waals surface area contributed by atoms with Crippen LogP contribution in [0.25, 0.3) is 0 Å². The molecule has 0 bridgehead atoms. The van der Waals surface area contributed by atoms with Gasteiger partial charge in [-0.2, -0.15) is 13.2 Å². The topological polar surface area (TPSA) is 72.7 Å². The Balaban J connectivity index is 1.57. The van der Waals surface area contributed by atoms with Gasteiger partial charge >= 0.3 is 6.18 Å². The van der Waals surface area contributed by atoms with E-state index in [1.807, 2.05) is 0 Å². The van der Waals surface area contributed by atoms with E-state index in [0.717, 1.165) is 25.7 Å². The van der Waals surface area contributed by atoms with E-state index in [2.05, 4.69) is 20.8 Å². The molecule has 3 rings (SSSR count). The number of anilines is 1. The van der Waals surface area contributed by atoms with Crippen molar-refractivity contribution in [2.24, 2.45) is 0 Å². The fraction of sp³-hybridized carbons (Fsp3) is 0.500. The number of alkyl halides is 3. The van der Waals surface area contributed by atoms with Gasteiger partial charge in [-0.05, 0) is 35.4 Å². The van der Waals surface area contributed by atoms with Gasteiger partial charge in [-0.15, -0.1) is 16.9 Å². The third kappa shape index (κ3) is 5.86. The molecule has 1 aromatic carbocycles. The largest absolute Gasteiger partial charge is 0.398 e. The van der Waals surface area contributed by atoms with Crippen molar-refractivity contribution >= 4 is 35.1 Å². The summed E-state index contributed by atoms with van der Waals surface area (Å²) in [6, 6.07) is 6.72. The Morgan fingerprint density at radius 2 is 1.96 bits per heavy atom. The number of benzene rings is 1. The van der Waals surface area contributed by atoms with Crippen molar-refractivity contribution in [2.45, 2.75) is 48.0 Å². The van der Waals surface area contributed by atoms with Crippen molar-refractivity contribution in [3.63, 3.8) is 0 Å². The molecule has 1 fully saturated rings. The summed E-state index contributed by atoms with van der Waals surface area (Å²) in [7, 11) is 0. The first-order valence-corrected chi connectivity index (χ1v) is 10.4. The average molecular weight is 417 g/mol. The Labute approximate surface area is 162 Å². The Bertz CT molecular complexity index is 777. The molecule has 0 unspecified atom stereocenters. The van der Waals surface area contributed by atoms with Crippen LogP contribution in [-0.4, -0.2) is 43.8 Å². The number of halogens is 3. The van der Waals surface area contributed by atoms with E-state index in [0.29, 0.717) is 27.5 Å². The molecule has 146 valence electrons.